The molecule has 1 N–H and O–H groups in total. The monoisotopic (exact) mass is 237 g/mol. The standard InChI is InChI=1S/C14H11N3O/c18-8-11-7-15-14-13(11)12(16-9-17-14)6-10-4-2-1-3-5-10/h1-5,7-9H,6H2,(H,15,16,17). The molecule has 88 valence electrons. The van der Waals surface area contributed by atoms with E-state index in [0.29, 0.717) is 17.6 Å². The van der Waals surface area contributed by atoms with E-state index in [1.165, 1.54) is 6.33 Å². The number of aromatic nitrogens is 3. The third-order valence-electron chi connectivity index (χ3n) is 2.92. The molecule has 0 amide bonds. The molecule has 3 aromatic rings. The second kappa shape index (κ2) is 4.41. The molecule has 0 spiro atoms. The Morgan fingerprint density at radius 2 is 2.00 bits per heavy atom. The van der Waals surface area contributed by atoms with Gasteiger partial charge in [-0.1, -0.05) is 30.3 Å². The Morgan fingerprint density at radius 1 is 1.17 bits per heavy atom. The van der Waals surface area contributed by atoms with Gasteiger partial charge < -0.3 is 4.98 Å². The molecule has 18 heavy (non-hydrogen) atoms. The van der Waals surface area contributed by atoms with Gasteiger partial charge >= 0.3 is 0 Å². The average Bonchev–Trinajstić information content (AvgIpc) is 2.84. The number of rotatable bonds is 3. The first-order valence-corrected chi connectivity index (χ1v) is 5.68. The van der Waals surface area contributed by atoms with Gasteiger partial charge in [0.2, 0.25) is 0 Å². The number of aromatic amines is 1. The van der Waals surface area contributed by atoms with Crippen molar-refractivity contribution in [1.82, 2.24) is 15.0 Å². The minimum atomic E-state index is 0.608. The van der Waals surface area contributed by atoms with Crippen molar-refractivity contribution < 1.29 is 4.79 Å². The van der Waals surface area contributed by atoms with Gasteiger partial charge in [0.25, 0.3) is 0 Å². The molecule has 2 aromatic heterocycles. The van der Waals surface area contributed by atoms with E-state index in [1.807, 2.05) is 30.3 Å². The van der Waals surface area contributed by atoms with Crippen molar-refractivity contribution in [3.05, 3.63) is 59.7 Å². The highest BCUT2D eigenvalue weighted by molar-refractivity contribution is 5.97. The zero-order valence-corrected chi connectivity index (χ0v) is 9.63. The third kappa shape index (κ3) is 1.78. The molecule has 0 radical (unpaired) electrons. The molecule has 4 heteroatoms. The lowest BCUT2D eigenvalue weighted by atomic mass is 10.1. The van der Waals surface area contributed by atoms with E-state index in [0.717, 1.165) is 22.9 Å². The average molecular weight is 237 g/mol. The van der Waals surface area contributed by atoms with Crippen LogP contribution in [-0.4, -0.2) is 21.2 Å². The Bertz CT molecular complexity index is 689. The van der Waals surface area contributed by atoms with Gasteiger partial charge in [-0.3, -0.25) is 4.79 Å². The summed E-state index contributed by atoms with van der Waals surface area (Å²) in [5.41, 5.74) is 3.35. The van der Waals surface area contributed by atoms with Crippen molar-refractivity contribution in [3.8, 4) is 0 Å². The normalized spacial score (nSPS) is 10.7. The lowest BCUT2D eigenvalue weighted by molar-refractivity contribution is 0.112. The number of H-pyrrole nitrogens is 1. The molecule has 2 heterocycles. The number of nitrogens with zero attached hydrogens (tertiary/aromatic N) is 2. The summed E-state index contributed by atoms with van der Waals surface area (Å²) in [6.07, 6.45) is 4.71. The first-order valence-electron chi connectivity index (χ1n) is 5.68. The second-order valence-electron chi connectivity index (χ2n) is 4.07. The predicted octanol–water partition coefficient (Wildman–Crippen LogP) is 2.36. The Kier molecular flexibility index (Phi) is 2.61. The van der Waals surface area contributed by atoms with E-state index in [1.54, 1.807) is 6.20 Å². The first kappa shape index (κ1) is 10.7. The van der Waals surface area contributed by atoms with Crippen molar-refractivity contribution in [2.24, 2.45) is 0 Å². The summed E-state index contributed by atoms with van der Waals surface area (Å²) in [6.45, 7) is 0. The topological polar surface area (TPSA) is 58.6 Å². The van der Waals surface area contributed by atoms with Crippen LogP contribution in [0.4, 0.5) is 0 Å². The molecule has 0 bridgehead atoms. The number of carbonyl (C=O) groups is 1. The fourth-order valence-corrected chi connectivity index (χ4v) is 2.07. The van der Waals surface area contributed by atoms with Crippen LogP contribution in [0.5, 0.6) is 0 Å². The van der Waals surface area contributed by atoms with Crippen molar-refractivity contribution in [2.45, 2.75) is 6.42 Å². The molecule has 0 aliphatic carbocycles. The fourth-order valence-electron chi connectivity index (χ4n) is 2.07. The second-order valence-corrected chi connectivity index (χ2v) is 4.07. The van der Waals surface area contributed by atoms with E-state index < -0.39 is 0 Å². The minimum absolute atomic E-state index is 0.608. The molecule has 4 nitrogen and oxygen atoms in total. The Morgan fingerprint density at radius 3 is 2.78 bits per heavy atom. The van der Waals surface area contributed by atoms with Gasteiger partial charge in [-0.05, 0) is 5.56 Å². The summed E-state index contributed by atoms with van der Waals surface area (Å²) in [7, 11) is 0. The summed E-state index contributed by atoms with van der Waals surface area (Å²) in [6, 6.07) is 10.0. The van der Waals surface area contributed by atoms with Gasteiger partial charge in [-0.15, -0.1) is 0 Å². The smallest absolute Gasteiger partial charge is 0.152 e. The van der Waals surface area contributed by atoms with E-state index in [4.69, 9.17) is 0 Å². The van der Waals surface area contributed by atoms with Gasteiger partial charge in [0.1, 0.15) is 12.0 Å². The van der Waals surface area contributed by atoms with E-state index in [2.05, 4.69) is 15.0 Å². The summed E-state index contributed by atoms with van der Waals surface area (Å²) >= 11 is 0. The molecule has 0 aliphatic heterocycles. The van der Waals surface area contributed by atoms with Crippen LogP contribution in [-0.2, 0) is 6.42 Å². The van der Waals surface area contributed by atoms with Crippen molar-refractivity contribution >= 4 is 17.3 Å². The number of nitrogens with one attached hydrogen (secondary N) is 1. The van der Waals surface area contributed by atoms with Crippen LogP contribution in [0.2, 0.25) is 0 Å². The van der Waals surface area contributed by atoms with Gasteiger partial charge in [0.15, 0.2) is 6.29 Å². The maximum absolute atomic E-state index is 11.0. The van der Waals surface area contributed by atoms with Crippen LogP contribution in [0.1, 0.15) is 21.6 Å². The van der Waals surface area contributed by atoms with Crippen LogP contribution in [0.3, 0.4) is 0 Å². The highest BCUT2D eigenvalue weighted by Crippen LogP contribution is 2.20. The third-order valence-corrected chi connectivity index (χ3v) is 2.92. The van der Waals surface area contributed by atoms with Gasteiger partial charge in [0, 0.05) is 18.2 Å². The predicted molar refractivity (Wildman–Crippen MR) is 68.5 cm³/mol. The first-order chi connectivity index (χ1) is 8.88. The zero-order valence-electron chi connectivity index (χ0n) is 9.63. The molecule has 0 saturated carbocycles. The molecule has 1 aromatic carbocycles. The van der Waals surface area contributed by atoms with Crippen LogP contribution >= 0.6 is 0 Å². The van der Waals surface area contributed by atoms with E-state index in [-0.39, 0.29) is 0 Å². The summed E-state index contributed by atoms with van der Waals surface area (Å²) in [4.78, 5) is 22.4. The number of hydrogen-bond donors (Lipinski definition) is 1. The summed E-state index contributed by atoms with van der Waals surface area (Å²) in [5, 5.41) is 0.816. The SMILES string of the molecule is O=Cc1c[nH]c2ncnc(Cc3ccccc3)c12. The lowest BCUT2D eigenvalue weighted by Crippen LogP contribution is -1.95. The molecular formula is C14H11N3O. The fraction of sp³-hybridized carbons (Fsp3) is 0.0714. The Hall–Kier alpha value is -2.49. The maximum Gasteiger partial charge on any atom is 0.152 e. The van der Waals surface area contributed by atoms with Crippen LogP contribution in [0, 0.1) is 0 Å². The van der Waals surface area contributed by atoms with Crippen LogP contribution in [0.15, 0.2) is 42.9 Å². The highest BCUT2D eigenvalue weighted by Gasteiger charge is 2.10. The number of fused-ring (bicyclic) bond motifs is 1. The van der Waals surface area contributed by atoms with Crippen LogP contribution < -0.4 is 0 Å². The number of aldehydes is 1. The zero-order chi connectivity index (χ0) is 12.4. The van der Waals surface area contributed by atoms with E-state index >= 15 is 0 Å². The Labute approximate surface area is 104 Å². The number of carbonyl (C=O) groups excluding carboxylic acids is 1. The van der Waals surface area contributed by atoms with Crippen LogP contribution in [0.25, 0.3) is 11.0 Å². The van der Waals surface area contributed by atoms with Gasteiger partial charge in [0.05, 0.1) is 11.1 Å². The molecule has 0 unspecified atom stereocenters. The molecule has 0 aliphatic rings. The van der Waals surface area contributed by atoms with Gasteiger partial charge in [-0.25, -0.2) is 9.97 Å². The largest absolute Gasteiger partial charge is 0.345 e. The molecular weight excluding hydrogens is 226 g/mol. The molecule has 3 rings (SSSR count). The van der Waals surface area contributed by atoms with E-state index in [9.17, 15) is 4.79 Å². The maximum atomic E-state index is 11.0. The highest BCUT2D eigenvalue weighted by atomic mass is 16.1. The summed E-state index contributed by atoms with van der Waals surface area (Å²) < 4.78 is 0. The van der Waals surface area contributed by atoms with Crippen molar-refractivity contribution in [3.63, 3.8) is 0 Å². The number of hydrogen-bond acceptors (Lipinski definition) is 3. The molecule has 0 fully saturated rings. The van der Waals surface area contributed by atoms with Crippen molar-refractivity contribution in [1.29, 1.82) is 0 Å². The quantitative estimate of drug-likeness (QED) is 0.711. The number of benzene rings is 1. The van der Waals surface area contributed by atoms with Crippen molar-refractivity contribution in [2.75, 3.05) is 0 Å². The minimum Gasteiger partial charge on any atom is -0.345 e. The van der Waals surface area contributed by atoms with Gasteiger partial charge in [-0.2, -0.15) is 0 Å². The molecule has 0 saturated heterocycles. The Balaban J connectivity index is 2.11. The molecule has 0 atom stereocenters. The summed E-state index contributed by atoms with van der Waals surface area (Å²) in [5.74, 6) is 0. The lowest BCUT2D eigenvalue weighted by Gasteiger charge is -2.02.